The molecule has 0 aliphatic heterocycles. The summed E-state index contributed by atoms with van der Waals surface area (Å²) in [6, 6.07) is 10.4. The van der Waals surface area contributed by atoms with E-state index >= 15 is 0 Å². The molecule has 0 saturated heterocycles. The zero-order valence-corrected chi connectivity index (χ0v) is 14.9. The largest absolute Gasteiger partial charge is 0.337 e. The van der Waals surface area contributed by atoms with E-state index in [1.807, 2.05) is 6.07 Å². The highest BCUT2D eigenvalue weighted by Gasteiger charge is 2.15. The highest BCUT2D eigenvalue weighted by Crippen LogP contribution is 2.27. The van der Waals surface area contributed by atoms with Gasteiger partial charge >= 0.3 is 0 Å². The highest BCUT2D eigenvalue weighted by molar-refractivity contribution is 9.10. The zero-order valence-electron chi connectivity index (χ0n) is 11.0. The van der Waals surface area contributed by atoms with Crippen molar-refractivity contribution in [2.45, 2.75) is 6.54 Å². The van der Waals surface area contributed by atoms with Gasteiger partial charge in [-0.15, -0.1) is 0 Å². The second-order valence-electron chi connectivity index (χ2n) is 4.53. The van der Waals surface area contributed by atoms with E-state index in [2.05, 4.69) is 15.9 Å². The van der Waals surface area contributed by atoms with Gasteiger partial charge in [-0.25, -0.2) is 0 Å². The molecule has 2 aromatic carbocycles. The molecule has 2 nitrogen and oxygen atoms in total. The van der Waals surface area contributed by atoms with Crippen LogP contribution in [0.3, 0.4) is 0 Å². The molecule has 0 atom stereocenters. The van der Waals surface area contributed by atoms with Crippen molar-refractivity contribution in [2.24, 2.45) is 0 Å². The third kappa shape index (κ3) is 4.13. The molecule has 21 heavy (non-hydrogen) atoms. The minimum Gasteiger partial charge on any atom is -0.337 e. The summed E-state index contributed by atoms with van der Waals surface area (Å²) in [5.74, 6) is -0.144. The molecular weight excluding hydrogens is 396 g/mol. The molecule has 6 heteroatoms. The van der Waals surface area contributed by atoms with Gasteiger partial charge in [0.05, 0.1) is 10.0 Å². The van der Waals surface area contributed by atoms with Crippen molar-refractivity contribution in [2.75, 3.05) is 7.05 Å². The summed E-state index contributed by atoms with van der Waals surface area (Å²) in [6.45, 7) is 0.363. The van der Waals surface area contributed by atoms with E-state index < -0.39 is 0 Å². The average molecular weight is 408 g/mol. The minimum atomic E-state index is -0.144. The number of nitrogens with zero attached hydrogens (tertiary/aromatic N) is 1. The van der Waals surface area contributed by atoms with Crippen molar-refractivity contribution in [3.05, 3.63) is 67.1 Å². The predicted molar refractivity (Wildman–Crippen MR) is 91.4 cm³/mol. The summed E-state index contributed by atoms with van der Waals surface area (Å²) in [7, 11) is 1.70. The first-order valence-corrected chi connectivity index (χ1v) is 7.95. The zero-order chi connectivity index (χ0) is 15.6. The van der Waals surface area contributed by atoms with Crippen LogP contribution in [0.1, 0.15) is 15.9 Å². The molecule has 0 bridgehead atoms. The number of hydrogen-bond acceptors (Lipinski definition) is 1. The second kappa shape index (κ2) is 7.01. The van der Waals surface area contributed by atoms with Crippen molar-refractivity contribution in [3.63, 3.8) is 0 Å². The van der Waals surface area contributed by atoms with E-state index in [1.54, 1.807) is 42.3 Å². The van der Waals surface area contributed by atoms with Gasteiger partial charge in [-0.05, 0) is 29.8 Å². The lowest BCUT2D eigenvalue weighted by atomic mass is 10.1. The van der Waals surface area contributed by atoms with Gasteiger partial charge in [-0.1, -0.05) is 62.9 Å². The van der Waals surface area contributed by atoms with Crippen LogP contribution in [0.2, 0.25) is 15.1 Å². The number of halogens is 4. The first kappa shape index (κ1) is 16.6. The third-order valence-electron chi connectivity index (χ3n) is 2.90. The molecule has 0 aromatic heterocycles. The van der Waals surface area contributed by atoms with E-state index in [4.69, 9.17) is 34.8 Å². The molecule has 2 aromatic rings. The SMILES string of the molecule is CN(Cc1cccc(Cl)c1Cl)C(=O)c1cc(Cl)cc(Br)c1. The van der Waals surface area contributed by atoms with E-state index in [-0.39, 0.29) is 5.91 Å². The van der Waals surface area contributed by atoms with Crippen LogP contribution in [0.15, 0.2) is 40.9 Å². The average Bonchev–Trinajstić information content (AvgIpc) is 2.42. The first-order chi connectivity index (χ1) is 9.88. The molecule has 0 heterocycles. The van der Waals surface area contributed by atoms with Crippen molar-refractivity contribution in [1.29, 1.82) is 0 Å². The standard InChI is InChI=1S/C15H11BrCl3NO/c1-20(8-9-3-2-4-13(18)14(9)19)15(21)10-5-11(16)7-12(17)6-10/h2-7H,8H2,1H3. The molecule has 0 fully saturated rings. The molecular formula is C15H11BrCl3NO. The maximum absolute atomic E-state index is 12.4. The van der Waals surface area contributed by atoms with Gasteiger partial charge in [-0.2, -0.15) is 0 Å². The van der Waals surface area contributed by atoms with Crippen molar-refractivity contribution in [1.82, 2.24) is 4.90 Å². The lowest BCUT2D eigenvalue weighted by Gasteiger charge is -2.18. The van der Waals surface area contributed by atoms with Gasteiger partial charge in [0.1, 0.15) is 0 Å². The van der Waals surface area contributed by atoms with Gasteiger partial charge in [0, 0.05) is 28.7 Å². The lowest BCUT2D eigenvalue weighted by Crippen LogP contribution is -2.26. The molecule has 110 valence electrons. The fraction of sp³-hybridized carbons (Fsp3) is 0.133. The maximum Gasteiger partial charge on any atom is 0.253 e. The van der Waals surface area contributed by atoms with Gasteiger partial charge in [0.2, 0.25) is 0 Å². The Balaban J connectivity index is 2.21. The van der Waals surface area contributed by atoms with E-state index in [1.165, 1.54) is 0 Å². The van der Waals surface area contributed by atoms with E-state index in [0.717, 1.165) is 10.0 Å². The Labute approximate surface area is 146 Å². The molecule has 0 N–H and O–H groups in total. The van der Waals surface area contributed by atoms with Crippen LogP contribution in [-0.2, 0) is 6.54 Å². The Kier molecular flexibility index (Phi) is 5.55. The predicted octanol–water partition coefficient (Wildman–Crippen LogP) is 5.68. The smallest absolute Gasteiger partial charge is 0.253 e. The Bertz CT molecular complexity index is 670. The second-order valence-corrected chi connectivity index (χ2v) is 6.67. The van der Waals surface area contributed by atoms with Crippen LogP contribution < -0.4 is 0 Å². The topological polar surface area (TPSA) is 20.3 Å². The molecule has 0 radical (unpaired) electrons. The molecule has 0 aliphatic rings. The minimum absolute atomic E-state index is 0.144. The summed E-state index contributed by atoms with van der Waals surface area (Å²) in [5.41, 5.74) is 1.30. The van der Waals surface area contributed by atoms with E-state index in [0.29, 0.717) is 27.2 Å². The van der Waals surface area contributed by atoms with Gasteiger partial charge in [-0.3, -0.25) is 4.79 Å². The van der Waals surface area contributed by atoms with Crippen LogP contribution in [0.5, 0.6) is 0 Å². The molecule has 0 unspecified atom stereocenters. The summed E-state index contributed by atoms with van der Waals surface area (Å²) < 4.78 is 0.757. The summed E-state index contributed by atoms with van der Waals surface area (Å²) >= 11 is 21.4. The Morgan fingerprint density at radius 1 is 1.19 bits per heavy atom. The van der Waals surface area contributed by atoms with Crippen molar-refractivity contribution < 1.29 is 4.79 Å². The van der Waals surface area contributed by atoms with Crippen LogP contribution in [-0.4, -0.2) is 17.9 Å². The maximum atomic E-state index is 12.4. The number of rotatable bonds is 3. The van der Waals surface area contributed by atoms with Crippen LogP contribution in [0, 0.1) is 0 Å². The highest BCUT2D eigenvalue weighted by atomic mass is 79.9. The number of hydrogen-bond donors (Lipinski definition) is 0. The Morgan fingerprint density at radius 2 is 1.90 bits per heavy atom. The first-order valence-electron chi connectivity index (χ1n) is 6.03. The van der Waals surface area contributed by atoms with Gasteiger partial charge in [0.25, 0.3) is 5.91 Å². The summed E-state index contributed by atoms with van der Waals surface area (Å²) in [6.07, 6.45) is 0. The summed E-state index contributed by atoms with van der Waals surface area (Å²) in [5, 5.41) is 1.44. The number of carbonyl (C=O) groups excluding carboxylic acids is 1. The number of benzene rings is 2. The fourth-order valence-electron chi connectivity index (χ4n) is 1.90. The van der Waals surface area contributed by atoms with Crippen LogP contribution in [0.25, 0.3) is 0 Å². The Hall–Kier alpha value is -0.740. The molecule has 1 amide bonds. The monoisotopic (exact) mass is 405 g/mol. The third-order valence-corrected chi connectivity index (χ3v) is 4.43. The van der Waals surface area contributed by atoms with Gasteiger partial charge < -0.3 is 4.90 Å². The molecule has 2 rings (SSSR count). The number of carbonyl (C=O) groups is 1. The molecule has 0 saturated carbocycles. The normalized spacial score (nSPS) is 10.5. The molecule has 0 spiro atoms. The van der Waals surface area contributed by atoms with Crippen LogP contribution >= 0.6 is 50.7 Å². The van der Waals surface area contributed by atoms with E-state index in [9.17, 15) is 4.79 Å². The lowest BCUT2D eigenvalue weighted by molar-refractivity contribution is 0.0785. The van der Waals surface area contributed by atoms with Crippen molar-refractivity contribution >= 4 is 56.6 Å². The van der Waals surface area contributed by atoms with Crippen LogP contribution in [0.4, 0.5) is 0 Å². The Morgan fingerprint density at radius 3 is 2.57 bits per heavy atom. The molecule has 0 aliphatic carbocycles. The quantitative estimate of drug-likeness (QED) is 0.641. The van der Waals surface area contributed by atoms with Gasteiger partial charge in [0.15, 0.2) is 0 Å². The van der Waals surface area contributed by atoms with Crippen molar-refractivity contribution in [3.8, 4) is 0 Å². The summed E-state index contributed by atoms with van der Waals surface area (Å²) in [4.78, 5) is 14.0. The number of amides is 1. The fourth-order valence-corrected chi connectivity index (χ4v) is 3.14.